The molecule has 0 radical (unpaired) electrons. The second-order valence-corrected chi connectivity index (χ2v) is 14.6. The van der Waals surface area contributed by atoms with Crippen molar-refractivity contribution in [2.24, 2.45) is 0 Å². The first-order valence-electron chi connectivity index (χ1n) is 14.4. The average molecular weight is 619 g/mol. The normalized spacial score (nSPS) is 16.1. The van der Waals surface area contributed by atoms with Gasteiger partial charge in [0.05, 0.1) is 19.4 Å². The fourth-order valence-electron chi connectivity index (χ4n) is 5.52. The highest BCUT2D eigenvalue weighted by Crippen LogP contribution is 2.45. The summed E-state index contributed by atoms with van der Waals surface area (Å²) < 4.78 is 38.2. The van der Waals surface area contributed by atoms with Gasteiger partial charge in [0, 0.05) is 44.9 Å². The molecule has 0 bridgehead atoms. The van der Waals surface area contributed by atoms with E-state index in [2.05, 4.69) is 56.0 Å². The highest BCUT2D eigenvalue weighted by Gasteiger charge is 2.25. The highest BCUT2D eigenvalue weighted by molar-refractivity contribution is 8.24. The van der Waals surface area contributed by atoms with Crippen molar-refractivity contribution in [1.29, 1.82) is 0 Å². The van der Waals surface area contributed by atoms with Gasteiger partial charge in [0.15, 0.2) is 0 Å². The van der Waals surface area contributed by atoms with Crippen LogP contribution in [-0.4, -0.2) is 39.8 Å². The van der Waals surface area contributed by atoms with Crippen molar-refractivity contribution in [2.75, 3.05) is 18.6 Å². The number of fused-ring (bicyclic) bond motifs is 1. The number of methoxy groups -OCH3 is 1. The van der Waals surface area contributed by atoms with Crippen LogP contribution in [0.25, 0.3) is 21.2 Å². The number of thiophene rings is 1. The number of carbonyl (C=O) groups is 1. The van der Waals surface area contributed by atoms with Gasteiger partial charge in [-0.3, -0.25) is 13.9 Å². The number of carbonyl (C=O) groups excluding carboxylic acids is 1. The van der Waals surface area contributed by atoms with Gasteiger partial charge in [-0.15, -0.1) is 17.3 Å². The number of ether oxygens (including phenoxy) is 3. The molecule has 0 spiro atoms. The lowest BCUT2D eigenvalue weighted by atomic mass is 9.96. The van der Waals surface area contributed by atoms with Gasteiger partial charge < -0.3 is 14.2 Å². The fraction of sp³-hybridized carbons (Fsp3) is 0.343. The van der Waals surface area contributed by atoms with Crippen LogP contribution in [0.4, 0.5) is 0 Å². The van der Waals surface area contributed by atoms with Gasteiger partial charge in [0.25, 0.3) is 0 Å². The van der Waals surface area contributed by atoms with Crippen molar-refractivity contribution in [1.82, 2.24) is 0 Å². The number of hydrogen-bond acceptors (Lipinski definition) is 7. The van der Waals surface area contributed by atoms with E-state index in [0.29, 0.717) is 31.0 Å². The molecule has 1 aliphatic rings. The summed E-state index contributed by atoms with van der Waals surface area (Å²) >= 11 is 1.79. The maximum atomic E-state index is 11.8. The minimum absolute atomic E-state index is 0.0129. The van der Waals surface area contributed by atoms with E-state index >= 15 is 0 Å². The Morgan fingerprint density at radius 2 is 1.74 bits per heavy atom. The molecule has 0 amide bonds. The molecule has 5 rings (SSSR count). The minimum Gasteiger partial charge on any atom is -0.490 e. The summed E-state index contributed by atoms with van der Waals surface area (Å²) in [5, 5.41) is 1.21. The topological polar surface area (TPSA) is 85.2 Å². The number of hydrogen-bond donors (Lipinski definition) is 2. The van der Waals surface area contributed by atoms with Gasteiger partial charge in [-0.2, -0.15) is 10.6 Å². The molecule has 4 aromatic rings. The lowest BCUT2D eigenvalue weighted by Crippen LogP contribution is -2.28. The Morgan fingerprint density at radius 1 is 1.02 bits per heavy atom. The molecule has 1 saturated heterocycles. The third kappa shape index (κ3) is 7.54. The van der Waals surface area contributed by atoms with Gasteiger partial charge in [-0.05, 0) is 79.4 Å². The predicted octanol–water partition coefficient (Wildman–Crippen LogP) is 8.73. The lowest BCUT2D eigenvalue weighted by molar-refractivity contribution is -0.140. The lowest BCUT2D eigenvalue weighted by Gasteiger charge is -2.39. The number of aryl methyl sites for hydroxylation is 2. The monoisotopic (exact) mass is 618 g/mol. The van der Waals surface area contributed by atoms with Crippen LogP contribution in [0.5, 0.6) is 11.5 Å². The minimum atomic E-state index is -2.42. The van der Waals surface area contributed by atoms with Gasteiger partial charge >= 0.3 is 5.97 Å². The molecule has 43 heavy (non-hydrogen) atoms. The second-order valence-electron chi connectivity index (χ2n) is 11.0. The predicted molar refractivity (Wildman–Crippen MR) is 177 cm³/mol. The van der Waals surface area contributed by atoms with Gasteiger partial charge in [-0.1, -0.05) is 30.2 Å². The first kappa shape index (κ1) is 31.0. The Bertz CT molecular complexity index is 1650. The Hall–Kier alpha value is -3.48. The van der Waals surface area contributed by atoms with Crippen molar-refractivity contribution in [3.05, 3.63) is 82.2 Å². The van der Waals surface area contributed by atoms with E-state index in [-0.39, 0.29) is 24.4 Å². The van der Waals surface area contributed by atoms with Crippen LogP contribution in [0, 0.1) is 25.7 Å². The number of rotatable bonds is 9. The van der Waals surface area contributed by atoms with E-state index in [0.717, 1.165) is 28.2 Å². The molecule has 226 valence electrons. The third-order valence-corrected chi connectivity index (χ3v) is 10.7. The van der Waals surface area contributed by atoms with Crippen LogP contribution in [-0.2, 0) is 16.1 Å². The zero-order valence-electron chi connectivity index (χ0n) is 25.0. The Labute approximate surface area is 259 Å². The summed E-state index contributed by atoms with van der Waals surface area (Å²) in [5.74, 6) is 7.90. The fourth-order valence-corrected chi connectivity index (χ4v) is 8.06. The van der Waals surface area contributed by atoms with Crippen LogP contribution >= 0.6 is 21.9 Å². The van der Waals surface area contributed by atoms with Gasteiger partial charge in [0.1, 0.15) is 24.2 Å². The van der Waals surface area contributed by atoms with Crippen LogP contribution in [0.2, 0.25) is 0 Å². The summed E-state index contributed by atoms with van der Waals surface area (Å²) in [5.41, 5.74) is 5.59. The van der Waals surface area contributed by atoms with E-state index in [1.165, 1.54) is 33.2 Å². The molecular formula is C35H38O6S2. The summed E-state index contributed by atoms with van der Waals surface area (Å²) in [4.78, 5) is 13.1. The zero-order chi connectivity index (χ0) is 30.6. The summed E-state index contributed by atoms with van der Waals surface area (Å²) in [6, 6.07) is 20.5. The van der Waals surface area contributed by atoms with E-state index in [1.807, 2.05) is 30.3 Å². The molecule has 6 nitrogen and oxygen atoms in total. The molecule has 1 aliphatic heterocycles. The maximum Gasteiger partial charge on any atom is 0.307 e. The maximum absolute atomic E-state index is 11.8. The van der Waals surface area contributed by atoms with Crippen molar-refractivity contribution in [3.63, 3.8) is 0 Å². The van der Waals surface area contributed by atoms with Crippen LogP contribution < -0.4 is 9.47 Å². The van der Waals surface area contributed by atoms with Crippen LogP contribution in [0.3, 0.4) is 0 Å². The van der Waals surface area contributed by atoms with Crippen molar-refractivity contribution in [3.8, 4) is 34.5 Å². The first-order valence-corrected chi connectivity index (χ1v) is 17.1. The molecule has 1 aromatic heterocycles. The largest absolute Gasteiger partial charge is 0.490 e. The highest BCUT2D eigenvalue weighted by atomic mass is 32.3. The molecule has 0 aliphatic carbocycles. The quantitative estimate of drug-likeness (QED) is 0.144. The summed E-state index contributed by atoms with van der Waals surface area (Å²) in [6.07, 6.45) is 1.55. The Kier molecular flexibility index (Phi) is 9.68. The molecule has 2 N–H and O–H groups in total. The van der Waals surface area contributed by atoms with E-state index in [4.69, 9.17) is 14.2 Å². The van der Waals surface area contributed by atoms with Crippen molar-refractivity contribution < 1.29 is 28.1 Å². The van der Waals surface area contributed by atoms with Crippen molar-refractivity contribution >= 4 is 38.0 Å². The molecular weight excluding hydrogens is 581 g/mol. The Balaban J connectivity index is 1.30. The molecule has 2 heterocycles. The molecule has 1 atom stereocenters. The zero-order valence-corrected chi connectivity index (χ0v) is 26.6. The summed E-state index contributed by atoms with van der Waals surface area (Å²) in [6.45, 7) is 6.48. The van der Waals surface area contributed by atoms with Gasteiger partial charge in [0.2, 0.25) is 0 Å². The van der Waals surface area contributed by atoms with Gasteiger partial charge in [-0.25, -0.2) is 0 Å². The number of esters is 1. The van der Waals surface area contributed by atoms with E-state index in [1.54, 1.807) is 18.3 Å². The summed E-state index contributed by atoms with van der Waals surface area (Å²) in [7, 11) is -1.03. The van der Waals surface area contributed by atoms with Crippen molar-refractivity contribution in [2.45, 2.75) is 58.7 Å². The van der Waals surface area contributed by atoms with Crippen LogP contribution in [0.15, 0.2) is 60.7 Å². The third-order valence-electron chi connectivity index (χ3n) is 7.84. The van der Waals surface area contributed by atoms with Crippen LogP contribution in [0.1, 0.15) is 53.7 Å². The molecule has 8 heteroatoms. The molecule has 0 saturated carbocycles. The SMILES string of the molecule is CC#CC(CC(=O)OC)c1ccc(OCc2ccc3sc(C)c(-c4ccc(OC5CCS(O)(O)CC5)cc4C)c3c2)cc1. The average Bonchev–Trinajstić information content (AvgIpc) is 3.32. The smallest absolute Gasteiger partial charge is 0.307 e. The van der Waals surface area contributed by atoms with E-state index < -0.39 is 10.6 Å². The standard InChI is InChI=1S/C35H38O6S2/c1-5-6-27(21-34(36)39-4)26-8-10-28(11-9-26)40-22-25-7-14-33-32(20-25)35(24(3)42-33)31-13-12-30(19-23(31)2)41-29-15-17-43(37,38)18-16-29/h7-14,19-20,27,29,37-38H,15-18,21-22H2,1-4H3. The number of benzene rings is 3. The molecule has 1 fully saturated rings. The Morgan fingerprint density at radius 3 is 2.42 bits per heavy atom. The van der Waals surface area contributed by atoms with E-state index in [9.17, 15) is 13.9 Å². The second kappa shape index (κ2) is 13.4. The molecule has 3 aromatic carbocycles. The molecule has 1 unspecified atom stereocenters. The first-order chi connectivity index (χ1) is 20.7.